The molecule has 1 fully saturated rings. The molecule has 4 rings (SSSR count). The minimum atomic E-state index is -0.703. The number of ether oxygens (including phenoxy) is 1. The Balaban J connectivity index is 1.56. The Labute approximate surface area is 172 Å². The molecule has 0 aliphatic carbocycles. The number of nitrogens with zero attached hydrogens (tertiary/aromatic N) is 1. The van der Waals surface area contributed by atoms with Crippen LogP contribution in [0.3, 0.4) is 0 Å². The van der Waals surface area contributed by atoms with E-state index in [1.807, 2.05) is 0 Å². The maximum atomic E-state index is 14.8. The number of fused-ring (bicyclic) bond motifs is 1. The van der Waals surface area contributed by atoms with Crippen LogP contribution < -0.4 is 16.2 Å². The zero-order valence-electron chi connectivity index (χ0n) is 16.4. The fraction of sp³-hybridized carbons (Fsp3) is 0.333. The topological polar surface area (TPSA) is 82.7 Å². The first kappa shape index (κ1) is 20.1. The van der Waals surface area contributed by atoms with Gasteiger partial charge in [0.1, 0.15) is 17.8 Å². The van der Waals surface area contributed by atoms with Gasteiger partial charge in [0.25, 0.3) is 11.8 Å². The number of hydrogen-bond donors (Lipinski definition) is 3. The van der Waals surface area contributed by atoms with Crippen LogP contribution >= 0.6 is 0 Å². The highest BCUT2D eigenvalue weighted by Gasteiger charge is 2.35. The molecule has 0 aromatic heterocycles. The van der Waals surface area contributed by atoms with Gasteiger partial charge >= 0.3 is 0 Å². The second-order valence-corrected chi connectivity index (χ2v) is 7.37. The van der Waals surface area contributed by atoms with Gasteiger partial charge in [-0.1, -0.05) is 12.1 Å². The van der Waals surface area contributed by atoms with Gasteiger partial charge in [0.05, 0.1) is 11.1 Å². The van der Waals surface area contributed by atoms with E-state index in [2.05, 4.69) is 10.6 Å². The van der Waals surface area contributed by atoms with E-state index in [4.69, 9.17) is 4.74 Å². The lowest BCUT2D eigenvalue weighted by molar-refractivity contribution is -0.127. The molecule has 0 saturated carbocycles. The summed E-state index contributed by atoms with van der Waals surface area (Å²) in [6, 6.07) is 4.25. The van der Waals surface area contributed by atoms with Gasteiger partial charge in [-0.15, -0.1) is 4.48 Å². The predicted octanol–water partition coefficient (Wildman–Crippen LogP) is 2.11. The highest BCUT2D eigenvalue weighted by molar-refractivity contribution is 5.98. The van der Waals surface area contributed by atoms with Crippen molar-refractivity contribution in [2.45, 2.75) is 32.0 Å². The van der Waals surface area contributed by atoms with E-state index in [0.29, 0.717) is 37.2 Å². The van der Waals surface area contributed by atoms with E-state index in [0.717, 1.165) is 0 Å². The summed E-state index contributed by atoms with van der Waals surface area (Å²) in [7, 11) is 0. The summed E-state index contributed by atoms with van der Waals surface area (Å²) < 4.78 is 33.2. The minimum absolute atomic E-state index is 0.0321. The monoisotopic (exact) mass is 416 g/mol. The Hall–Kier alpha value is -3.20. The molecule has 3 aliphatic heterocycles. The lowest BCUT2D eigenvalue weighted by atomic mass is 9.96. The molecule has 3 aliphatic rings. The molecule has 1 aromatic rings. The van der Waals surface area contributed by atoms with Gasteiger partial charge in [-0.3, -0.25) is 14.5 Å². The van der Waals surface area contributed by atoms with Gasteiger partial charge in [0, 0.05) is 31.0 Å². The average molecular weight is 416 g/mol. The number of allylic oxidation sites excluding steroid dienone is 2. The fourth-order valence-electron chi connectivity index (χ4n) is 3.78. The van der Waals surface area contributed by atoms with E-state index in [9.17, 15) is 18.5 Å². The maximum Gasteiger partial charge on any atom is 0.259 e. The largest absolute Gasteiger partial charge is 0.381 e. The Kier molecular flexibility index (Phi) is 5.54. The molecule has 1 atom stereocenters. The van der Waals surface area contributed by atoms with Crippen LogP contribution in [0, 0.1) is 5.82 Å². The Bertz CT molecular complexity index is 967. The second-order valence-electron chi connectivity index (χ2n) is 7.37. The van der Waals surface area contributed by atoms with Crippen molar-refractivity contribution in [3.63, 3.8) is 0 Å². The van der Waals surface area contributed by atoms with Crippen molar-refractivity contribution < 1.29 is 23.2 Å². The molecular weight excluding hydrogens is 394 g/mol. The average Bonchev–Trinajstić information content (AvgIpc) is 2.76. The summed E-state index contributed by atoms with van der Waals surface area (Å²) in [6.07, 6.45) is 5.64. The quantitative estimate of drug-likeness (QED) is 0.655. The zero-order chi connectivity index (χ0) is 21.3. The highest BCUT2D eigenvalue weighted by Crippen LogP contribution is 2.30. The van der Waals surface area contributed by atoms with E-state index >= 15 is 0 Å². The third kappa shape index (κ3) is 3.68. The molecule has 158 valence electrons. The molecule has 1 aromatic carbocycles. The van der Waals surface area contributed by atoms with Crippen LogP contribution in [-0.4, -0.2) is 42.1 Å². The SMILES string of the molecule is CC1=C(NF)NC2C(c3ccc(C(=O)NC4CCOCC4)c(F)c3)=CC=CN2C1=O. The lowest BCUT2D eigenvalue weighted by Gasteiger charge is -2.38. The van der Waals surface area contributed by atoms with Crippen LogP contribution in [0.2, 0.25) is 0 Å². The molecule has 0 bridgehead atoms. The van der Waals surface area contributed by atoms with Gasteiger partial charge in [-0.25, -0.2) is 9.93 Å². The molecule has 30 heavy (non-hydrogen) atoms. The van der Waals surface area contributed by atoms with E-state index < -0.39 is 17.9 Å². The Morgan fingerprint density at radius 2 is 2.07 bits per heavy atom. The molecule has 2 amide bonds. The van der Waals surface area contributed by atoms with Crippen molar-refractivity contribution in [2.24, 2.45) is 0 Å². The van der Waals surface area contributed by atoms with Crippen LogP contribution in [0.4, 0.5) is 8.87 Å². The van der Waals surface area contributed by atoms with Crippen molar-refractivity contribution in [1.82, 2.24) is 21.1 Å². The molecular formula is C21H22F2N4O3. The number of amides is 2. The highest BCUT2D eigenvalue weighted by atomic mass is 19.2. The van der Waals surface area contributed by atoms with Crippen molar-refractivity contribution in [3.05, 3.63) is 64.9 Å². The summed E-state index contributed by atoms with van der Waals surface area (Å²) in [5, 5.41) is 5.75. The first-order valence-corrected chi connectivity index (χ1v) is 9.73. The molecule has 9 heteroatoms. The number of halogens is 2. The third-order valence-corrected chi connectivity index (χ3v) is 5.50. The third-order valence-electron chi connectivity index (χ3n) is 5.50. The number of carbonyl (C=O) groups is 2. The molecule has 7 nitrogen and oxygen atoms in total. The minimum Gasteiger partial charge on any atom is -0.381 e. The number of rotatable bonds is 4. The predicted molar refractivity (Wildman–Crippen MR) is 106 cm³/mol. The number of hydrogen-bond acceptors (Lipinski definition) is 5. The maximum absolute atomic E-state index is 14.8. The van der Waals surface area contributed by atoms with Crippen LogP contribution in [-0.2, 0) is 9.53 Å². The van der Waals surface area contributed by atoms with Crippen molar-refractivity contribution in [3.8, 4) is 0 Å². The Morgan fingerprint density at radius 3 is 2.77 bits per heavy atom. The van der Waals surface area contributed by atoms with Gasteiger partial charge < -0.3 is 15.4 Å². The van der Waals surface area contributed by atoms with Gasteiger partial charge in [-0.2, -0.15) is 0 Å². The van der Waals surface area contributed by atoms with E-state index in [1.54, 1.807) is 24.4 Å². The Morgan fingerprint density at radius 1 is 1.30 bits per heavy atom. The van der Waals surface area contributed by atoms with Crippen molar-refractivity contribution >= 4 is 17.4 Å². The van der Waals surface area contributed by atoms with Crippen molar-refractivity contribution in [1.29, 1.82) is 0 Å². The molecule has 0 spiro atoms. The van der Waals surface area contributed by atoms with Crippen LogP contribution in [0.25, 0.3) is 5.57 Å². The molecule has 1 saturated heterocycles. The standard InChI is InChI=1S/C21H22F2N4O3/c1-12-18(26-23)25-19-15(3-2-8-27(19)21(12)29)13-4-5-16(17(22)11-13)20(28)24-14-6-9-30-10-7-14/h2-5,8,11,14,19,25-26H,6-7,9-10H2,1H3,(H,24,28). The van der Waals surface area contributed by atoms with E-state index in [-0.39, 0.29) is 28.9 Å². The summed E-state index contributed by atoms with van der Waals surface area (Å²) >= 11 is 0. The summed E-state index contributed by atoms with van der Waals surface area (Å²) in [5.74, 6) is -1.54. The van der Waals surface area contributed by atoms with Crippen LogP contribution in [0.15, 0.2) is 47.9 Å². The summed E-state index contributed by atoms with van der Waals surface area (Å²) in [5.41, 5.74) is 2.69. The first-order chi connectivity index (χ1) is 14.5. The van der Waals surface area contributed by atoms with E-state index in [1.165, 1.54) is 29.5 Å². The smallest absolute Gasteiger partial charge is 0.259 e. The lowest BCUT2D eigenvalue weighted by Crippen LogP contribution is -2.53. The number of carbonyl (C=O) groups excluding carboxylic acids is 2. The van der Waals surface area contributed by atoms with Crippen LogP contribution in [0.5, 0.6) is 0 Å². The zero-order valence-corrected chi connectivity index (χ0v) is 16.4. The van der Waals surface area contributed by atoms with Gasteiger partial charge in [0.2, 0.25) is 0 Å². The molecule has 1 unspecified atom stereocenters. The normalized spacial score (nSPS) is 21.7. The van der Waals surface area contributed by atoms with Crippen molar-refractivity contribution in [2.75, 3.05) is 13.2 Å². The van der Waals surface area contributed by atoms with Gasteiger partial charge in [-0.05, 0) is 43.5 Å². The molecule has 3 N–H and O–H groups in total. The van der Waals surface area contributed by atoms with Gasteiger partial charge in [0.15, 0.2) is 0 Å². The molecule has 3 heterocycles. The summed E-state index contributed by atoms with van der Waals surface area (Å²) in [4.78, 5) is 26.4. The van der Waals surface area contributed by atoms with Crippen LogP contribution in [0.1, 0.15) is 35.7 Å². The first-order valence-electron chi connectivity index (χ1n) is 9.73. The fourth-order valence-corrected chi connectivity index (χ4v) is 3.78. The number of benzene rings is 1. The second kappa shape index (κ2) is 8.27. The number of nitrogens with one attached hydrogen (secondary N) is 3. The molecule has 0 radical (unpaired) electrons. The summed E-state index contributed by atoms with van der Waals surface area (Å²) in [6.45, 7) is 2.65.